The summed E-state index contributed by atoms with van der Waals surface area (Å²) in [5, 5.41) is 115. The average molecular weight is 618 g/mol. The van der Waals surface area contributed by atoms with E-state index in [4.69, 9.17) is 23.7 Å². The number of aliphatic hydroxyl groups is 10. The van der Waals surface area contributed by atoms with Crippen molar-refractivity contribution in [3.8, 4) is 0 Å². The number of hydrogen-bond donors (Lipinski definition) is 12. The monoisotopic (exact) mass is 617 g/mol. The summed E-state index contributed by atoms with van der Waals surface area (Å²) in [6.07, 6.45) is -24.3. The molecule has 3 fully saturated rings. The summed E-state index contributed by atoms with van der Waals surface area (Å²) in [4.78, 5) is 24.3. The molecule has 42 heavy (non-hydrogen) atoms. The smallest absolute Gasteiger partial charge is 0.364 e. The number of aliphatic hydroxyl groups excluding tert-OH is 10. The van der Waals surface area contributed by atoms with Crippen LogP contribution in [0.2, 0.25) is 0 Å². The first-order valence-corrected chi connectivity index (χ1v) is 13.1. The first kappa shape index (κ1) is 34.8. The standard InChI is InChI=1S/C23H39NO18/c1-7(28)24-13-8(29)2-23(22(36)37,41-19(13)14(32)9(30)3-25)42-20-16(34)11(4-26)39-21(17(20)35)40-18-12(5-27)38-6-10(31)15(18)33/h8-21,25-27,29-35H,2-6H2,1H3,(H,24,28)(H,36,37)/t8-,9?,10-,11?,12?,13?,14-,15?,16?,17?,18?,19?,20?,21?,23+/m1/s1. The Kier molecular flexibility index (Phi) is 12.0. The van der Waals surface area contributed by atoms with Crippen molar-refractivity contribution in [2.24, 2.45) is 0 Å². The van der Waals surface area contributed by atoms with Crippen LogP contribution in [0.3, 0.4) is 0 Å². The fraction of sp³-hybridized carbons (Fsp3) is 0.913. The molecule has 0 aromatic carbocycles. The summed E-state index contributed by atoms with van der Waals surface area (Å²) in [6, 6.07) is -1.52. The predicted molar refractivity (Wildman–Crippen MR) is 129 cm³/mol. The molecule has 244 valence electrons. The lowest BCUT2D eigenvalue weighted by molar-refractivity contribution is -0.379. The number of rotatable bonds is 11. The van der Waals surface area contributed by atoms with Gasteiger partial charge in [0.15, 0.2) is 6.29 Å². The molecule has 12 N–H and O–H groups in total. The Labute approximate surface area is 238 Å². The minimum atomic E-state index is -2.99. The molecular weight excluding hydrogens is 578 g/mol. The summed E-state index contributed by atoms with van der Waals surface area (Å²) >= 11 is 0. The molecule has 0 aliphatic carbocycles. The van der Waals surface area contributed by atoms with Gasteiger partial charge in [0, 0.05) is 13.3 Å². The number of amides is 1. The van der Waals surface area contributed by atoms with Gasteiger partial charge in [-0.25, -0.2) is 4.79 Å². The third-order valence-corrected chi connectivity index (χ3v) is 7.38. The number of aliphatic carboxylic acids is 1. The largest absolute Gasteiger partial charge is 0.477 e. The summed E-state index contributed by atoms with van der Waals surface area (Å²) in [5.41, 5.74) is 0. The van der Waals surface area contributed by atoms with Crippen LogP contribution in [-0.2, 0) is 33.3 Å². The maximum absolute atomic E-state index is 12.5. The lowest BCUT2D eigenvalue weighted by Crippen LogP contribution is -2.70. The van der Waals surface area contributed by atoms with E-state index < -0.39 is 129 Å². The van der Waals surface area contributed by atoms with Crippen molar-refractivity contribution in [3.05, 3.63) is 0 Å². The van der Waals surface area contributed by atoms with Gasteiger partial charge in [-0.1, -0.05) is 0 Å². The van der Waals surface area contributed by atoms with Crippen LogP contribution in [0.15, 0.2) is 0 Å². The Hall–Kier alpha value is -1.66. The van der Waals surface area contributed by atoms with E-state index in [1.807, 2.05) is 0 Å². The number of carboxylic acid groups (broad SMARTS) is 1. The molecule has 0 saturated carbocycles. The molecule has 11 unspecified atom stereocenters. The Morgan fingerprint density at radius 3 is 2.14 bits per heavy atom. The minimum Gasteiger partial charge on any atom is -0.477 e. The van der Waals surface area contributed by atoms with Crippen LogP contribution in [0.25, 0.3) is 0 Å². The van der Waals surface area contributed by atoms with E-state index in [0.29, 0.717) is 0 Å². The molecule has 0 bridgehead atoms. The molecule has 3 aliphatic heterocycles. The van der Waals surface area contributed by atoms with Gasteiger partial charge < -0.3 is 85.2 Å². The highest BCUT2D eigenvalue weighted by molar-refractivity contribution is 5.76. The number of nitrogens with one attached hydrogen (secondary N) is 1. The topological polar surface area (TPSA) is 315 Å². The third kappa shape index (κ3) is 7.17. The number of ether oxygens (including phenoxy) is 5. The second kappa shape index (κ2) is 14.4. The SMILES string of the molecule is CC(=O)NC1C([C@H](O)C(O)CO)O[C@@](OC2C(O)C(CO)OC(OC3C(CO)OC[C@@H](O)C3O)C2O)(C(=O)O)C[C@H]1O. The highest BCUT2D eigenvalue weighted by Gasteiger charge is 2.59. The van der Waals surface area contributed by atoms with Crippen molar-refractivity contribution in [1.82, 2.24) is 5.32 Å². The summed E-state index contributed by atoms with van der Waals surface area (Å²) < 4.78 is 27.2. The van der Waals surface area contributed by atoms with E-state index in [-0.39, 0.29) is 6.61 Å². The molecule has 3 aliphatic rings. The molecule has 0 radical (unpaired) electrons. The molecule has 3 heterocycles. The van der Waals surface area contributed by atoms with Crippen LogP contribution in [-0.4, -0.2) is 186 Å². The molecule has 0 aromatic rings. The van der Waals surface area contributed by atoms with Gasteiger partial charge in [0.25, 0.3) is 5.79 Å². The van der Waals surface area contributed by atoms with E-state index in [0.717, 1.165) is 6.92 Å². The van der Waals surface area contributed by atoms with Gasteiger partial charge in [-0.2, -0.15) is 0 Å². The van der Waals surface area contributed by atoms with E-state index in [2.05, 4.69) is 5.32 Å². The lowest BCUT2D eigenvalue weighted by atomic mass is 9.88. The zero-order chi connectivity index (χ0) is 31.5. The Balaban J connectivity index is 1.94. The molecule has 1 amide bonds. The quantitative estimate of drug-likeness (QED) is 0.102. The normalized spacial score (nSPS) is 44.3. The van der Waals surface area contributed by atoms with E-state index >= 15 is 0 Å². The van der Waals surface area contributed by atoms with Crippen LogP contribution in [0, 0.1) is 0 Å². The highest BCUT2D eigenvalue weighted by atomic mass is 16.8. The van der Waals surface area contributed by atoms with Crippen LogP contribution in [0.5, 0.6) is 0 Å². The fourth-order valence-electron chi connectivity index (χ4n) is 5.11. The van der Waals surface area contributed by atoms with Crippen molar-refractivity contribution in [2.45, 2.75) is 105 Å². The highest BCUT2D eigenvalue weighted by Crippen LogP contribution is 2.38. The van der Waals surface area contributed by atoms with Crippen molar-refractivity contribution >= 4 is 11.9 Å². The van der Waals surface area contributed by atoms with Gasteiger partial charge in [0.1, 0.15) is 67.1 Å². The van der Waals surface area contributed by atoms with Crippen molar-refractivity contribution in [3.63, 3.8) is 0 Å². The first-order valence-electron chi connectivity index (χ1n) is 13.1. The zero-order valence-electron chi connectivity index (χ0n) is 22.4. The van der Waals surface area contributed by atoms with Gasteiger partial charge in [-0.15, -0.1) is 0 Å². The Morgan fingerprint density at radius 2 is 1.60 bits per heavy atom. The van der Waals surface area contributed by atoms with Crippen molar-refractivity contribution in [1.29, 1.82) is 0 Å². The third-order valence-electron chi connectivity index (χ3n) is 7.38. The zero-order valence-corrected chi connectivity index (χ0v) is 22.4. The van der Waals surface area contributed by atoms with Crippen LogP contribution in [0.1, 0.15) is 13.3 Å². The fourth-order valence-corrected chi connectivity index (χ4v) is 5.11. The molecule has 15 atom stereocenters. The number of carboxylic acids is 1. The predicted octanol–water partition coefficient (Wildman–Crippen LogP) is -7.54. The van der Waals surface area contributed by atoms with Crippen molar-refractivity contribution in [2.75, 3.05) is 26.4 Å². The summed E-state index contributed by atoms with van der Waals surface area (Å²) in [5.74, 6) is -5.66. The van der Waals surface area contributed by atoms with Crippen LogP contribution < -0.4 is 5.32 Å². The maximum Gasteiger partial charge on any atom is 0.364 e. The lowest BCUT2D eigenvalue weighted by Gasteiger charge is -2.50. The van der Waals surface area contributed by atoms with Gasteiger partial charge in [-0.05, 0) is 0 Å². The van der Waals surface area contributed by atoms with Crippen LogP contribution in [0.4, 0.5) is 0 Å². The molecule has 19 heteroatoms. The number of hydrogen-bond acceptors (Lipinski definition) is 17. The van der Waals surface area contributed by atoms with Crippen LogP contribution >= 0.6 is 0 Å². The van der Waals surface area contributed by atoms with E-state index in [1.165, 1.54) is 0 Å². The van der Waals surface area contributed by atoms with Crippen molar-refractivity contribution < 1.29 is 89.4 Å². The molecular formula is C23H39NO18. The molecule has 3 saturated heterocycles. The Bertz CT molecular complexity index is 911. The number of carbonyl (C=O) groups is 2. The van der Waals surface area contributed by atoms with Gasteiger partial charge in [0.05, 0.1) is 38.6 Å². The molecule has 19 nitrogen and oxygen atoms in total. The second-order valence-corrected chi connectivity index (χ2v) is 10.4. The molecule has 0 aromatic heterocycles. The Morgan fingerprint density at radius 1 is 0.952 bits per heavy atom. The first-order chi connectivity index (χ1) is 19.7. The maximum atomic E-state index is 12.5. The average Bonchev–Trinajstić information content (AvgIpc) is 2.95. The van der Waals surface area contributed by atoms with Gasteiger partial charge in [0.2, 0.25) is 5.91 Å². The summed E-state index contributed by atoms with van der Waals surface area (Å²) in [6.45, 7) is -1.97. The van der Waals surface area contributed by atoms with E-state index in [9.17, 15) is 65.8 Å². The summed E-state index contributed by atoms with van der Waals surface area (Å²) in [7, 11) is 0. The van der Waals surface area contributed by atoms with Gasteiger partial charge in [-0.3, -0.25) is 4.79 Å². The molecule has 0 spiro atoms. The van der Waals surface area contributed by atoms with Gasteiger partial charge >= 0.3 is 5.97 Å². The second-order valence-electron chi connectivity index (χ2n) is 10.4. The number of carbonyl (C=O) groups excluding carboxylic acids is 1. The van der Waals surface area contributed by atoms with E-state index in [1.54, 1.807) is 0 Å². The minimum absolute atomic E-state index is 0.359. The molecule has 3 rings (SSSR count).